The van der Waals surface area contributed by atoms with E-state index in [-0.39, 0.29) is 11.6 Å². The van der Waals surface area contributed by atoms with E-state index in [1.165, 1.54) is 25.3 Å². The first-order chi connectivity index (χ1) is 16.5. The molecule has 1 aliphatic heterocycles. The van der Waals surface area contributed by atoms with Crippen molar-refractivity contribution in [2.24, 2.45) is 7.05 Å². The minimum Gasteiger partial charge on any atom is -0.507 e. The number of aromatic hydroxyl groups is 1. The van der Waals surface area contributed by atoms with Gasteiger partial charge in [0.05, 0.1) is 5.69 Å². The number of nitrogens with one attached hydrogen (secondary N) is 1. The van der Waals surface area contributed by atoms with Gasteiger partial charge in [-0.15, -0.1) is 10.2 Å². The van der Waals surface area contributed by atoms with Crippen LogP contribution >= 0.6 is 0 Å². The van der Waals surface area contributed by atoms with E-state index in [2.05, 4.69) is 25.5 Å². The third kappa shape index (κ3) is 3.88. The highest BCUT2D eigenvalue weighted by molar-refractivity contribution is 5.85. The summed E-state index contributed by atoms with van der Waals surface area (Å²) in [6.45, 7) is 1.92. The molecule has 1 saturated heterocycles. The first-order valence-corrected chi connectivity index (χ1v) is 11.8. The van der Waals surface area contributed by atoms with Gasteiger partial charge in [-0.1, -0.05) is 12.5 Å². The molecule has 0 bridgehead atoms. The van der Waals surface area contributed by atoms with Gasteiger partial charge in [-0.3, -0.25) is 4.68 Å². The Morgan fingerprint density at radius 2 is 1.88 bits per heavy atom. The lowest BCUT2D eigenvalue weighted by Crippen LogP contribution is -2.43. The highest BCUT2D eigenvalue weighted by Gasteiger charge is 2.27. The normalized spacial score (nSPS) is 18.5. The van der Waals surface area contributed by atoms with E-state index in [0.717, 1.165) is 36.3 Å². The third-order valence-corrected chi connectivity index (χ3v) is 7.02. The van der Waals surface area contributed by atoms with Crippen molar-refractivity contribution in [3.05, 3.63) is 54.5 Å². The lowest BCUT2D eigenvalue weighted by molar-refractivity contribution is 0.311. The fourth-order valence-electron chi connectivity index (χ4n) is 4.96. The number of aryl methyl sites for hydroxylation is 1. The van der Waals surface area contributed by atoms with Gasteiger partial charge in [0.25, 0.3) is 0 Å². The van der Waals surface area contributed by atoms with Crippen LogP contribution in [-0.4, -0.2) is 50.3 Å². The summed E-state index contributed by atoms with van der Waals surface area (Å²) in [6.07, 6.45) is 6.82. The van der Waals surface area contributed by atoms with E-state index in [0.29, 0.717) is 34.4 Å². The zero-order valence-electron chi connectivity index (χ0n) is 19.1. The van der Waals surface area contributed by atoms with Crippen LogP contribution in [0.15, 0.2) is 48.7 Å². The number of anilines is 1. The maximum absolute atomic E-state index is 14.5. The Balaban J connectivity index is 1.20. The van der Waals surface area contributed by atoms with E-state index in [1.54, 1.807) is 30.1 Å². The molecule has 7 nitrogen and oxygen atoms in total. The SMILES string of the molecule is Cn1cc2cc(-c3ccc(-c4ccc(N5CCC(NC6CCC6)C5)nn4)c(O)c3)cc(F)c2n1. The highest BCUT2D eigenvalue weighted by atomic mass is 19.1. The van der Waals surface area contributed by atoms with Crippen molar-refractivity contribution < 1.29 is 9.50 Å². The molecule has 2 aliphatic rings. The van der Waals surface area contributed by atoms with Crippen molar-refractivity contribution in [3.63, 3.8) is 0 Å². The first-order valence-electron chi connectivity index (χ1n) is 11.8. The Hall–Kier alpha value is -3.52. The van der Waals surface area contributed by atoms with Gasteiger partial charge in [0.1, 0.15) is 11.3 Å². The molecular weight excluding hydrogens is 431 g/mol. The summed E-state index contributed by atoms with van der Waals surface area (Å²) in [5.41, 5.74) is 2.94. The minimum absolute atomic E-state index is 0.0807. The van der Waals surface area contributed by atoms with Crippen LogP contribution in [-0.2, 0) is 7.05 Å². The van der Waals surface area contributed by atoms with Crippen molar-refractivity contribution in [2.75, 3.05) is 18.0 Å². The Morgan fingerprint density at radius 3 is 2.62 bits per heavy atom. The van der Waals surface area contributed by atoms with Crippen molar-refractivity contribution >= 4 is 16.7 Å². The summed E-state index contributed by atoms with van der Waals surface area (Å²) in [4.78, 5) is 2.26. The monoisotopic (exact) mass is 458 g/mol. The molecule has 0 amide bonds. The molecule has 174 valence electrons. The predicted octanol–water partition coefficient (Wildman–Crippen LogP) is 4.26. The fraction of sp³-hybridized carbons (Fsp3) is 0.346. The second-order valence-corrected chi connectivity index (χ2v) is 9.43. The van der Waals surface area contributed by atoms with Crippen LogP contribution in [0.4, 0.5) is 10.2 Å². The van der Waals surface area contributed by atoms with Gasteiger partial charge in [-0.05, 0) is 66.8 Å². The first kappa shape index (κ1) is 21.0. The lowest BCUT2D eigenvalue weighted by atomic mass is 9.92. The van der Waals surface area contributed by atoms with Gasteiger partial charge in [0.2, 0.25) is 0 Å². The minimum atomic E-state index is -0.384. The molecule has 2 aromatic heterocycles. The van der Waals surface area contributed by atoms with Crippen molar-refractivity contribution in [1.29, 1.82) is 0 Å². The maximum Gasteiger partial charge on any atom is 0.151 e. The molecule has 1 aliphatic carbocycles. The fourth-order valence-corrected chi connectivity index (χ4v) is 4.96. The molecule has 2 N–H and O–H groups in total. The lowest BCUT2D eigenvalue weighted by Gasteiger charge is -2.29. The van der Waals surface area contributed by atoms with E-state index in [4.69, 9.17) is 0 Å². The zero-order valence-corrected chi connectivity index (χ0v) is 19.1. The Kier molecular flexibility index (Phi) is 5.17. The number of halogens is 1. The third-order valence-electron chi connectivity index (χ3n) is 7.02. The smallest absolute Gasteiger partial charge is 0.151 e. The maximum atomic E-state index is 14.5. The molecule has 1 unspecified atom stereocenters. The Bertz CT molecular complexity index is 1350. The summed E-state index contributed by atoms with van der Waals surface area (Å²) in [5, 5.41) is 28.1. The molecule has 2 fully saturated rings. The summed E-state index contributed by atoms with van der Waals surface area (Å²) in [6, 6.07) is 13.7. The number of aromatic nitrogens is 4. The van der Waals surface area contributed by atoms with Gasteiger partial charge in [0, 0.05) is 49.4 Å². The van der Waals surface area contributed by atoms with Crippen LogP contribution in [0.5, 0.6) is 5.75 Å². The molecular formula is C26H27FN6O. The number of hydrogen-bond acceptors (Lipinski definition) is 6. The molecule has 3 heterocycles. The number of nitrogens with zero attached hydrogens (tertiary/aromatic N) is 5. The van der Waals surface area contributed by atoms with Crippen LogP contribution in [0.2, 0.25) is 0 Å². The van der Waals surface area contributed by atoms with Gasteiger partial charge in [-0.25, -0.2) is 4.39 Å². The number of rotatable bonds is 5. The van der Waals surface area contributed by atoms with Crippen LogP contribution in [0.1, 0.15) is 25.7 Å². The van der Waals surface area contributed by atoms with Crippen LogP contribution in [0.3, 0.4) is 0 Å². The largest absolute Gasteiger partial charge is 0.507 e. The van der Waals surface area contributed by atoms with E-state index >= 15 is 0 Å². The molecule has 0 spiro atoms. The summed E-state index contributed by atoms with van der Waals surface area (Å²) in [7, 11) is 1.76. The van der Waals surface area contributed by atoms with Gasteiger partial charge in [-0.2, -0.15) is 5.10 Å². The zero-order chi connectivity index (χ0) is 23.2. The molecule has 0 radical (unpaired) electrons. The molecule has 8 heteroatoms. The molecule has 1 saturated carbocycles. The number of hydrogen-bond donors (Lipinski definition) is 2. The molecule has 2 aromatic carbocycles. The molecule has 1 atom stereocenters. The van der Waals surface area contributed by atoms with E-state index in [1.807, 2.05) is 24.3 Å². The van der Waals surface area contributed by atoms with Crippen molar-refractivity contribution in [2.45, 2.75) is 37.8 Å². The number of phenols is 1. The van der Waals surface area contributed by atoms with Crippen molar-refractivity contribution in [3.8, 4) is 28.1 Å². The standard InChI is InChI=1S/C26H27FN6O/c1-32-14-18-11-17(12-22(27)26(18)31-32)16-5-6-21(24(34)13-16)23-7-8-25(30-29-23)33-10-9-20(15-33)28-19-3-2-4-19/h5-8,11-14,19-20,28,34H,2-4,9-10,15H2,1H3. The number of benzene rings is 2. The summed E-state index contributed by atoms with van der Waals surface area (Å²) < 4.78 is 16.1. The van der Waals surface area contributed by atoms with Crippen molar-refractivity contribution in [1.82, 2.24) is 25.3 Å². The number of phenolic OH excluding ortho intramolecular Hbond substituents is 1. The number of fused-ring (bicyclic) bond motifs is 1. The van der Waals surface area contributed by atoms with Gasteiger partial charge in [0.15, 0.2) is 11.6 Å². The summed E-state index contributed by atoms with van der Waals surface area (Å²) >= 11 is 0. The topological polar surface area (TPSA) is 79.1 Å². The molecule has 6 rings (SSSR count). The average Bonchev–Trinajstić information content (AvgIpc) is 3.43. The Labute approximate surface area is 197 Å². The van der Waals surface area contributed by atoms with E-state index < -0.39 is 0 Å². The van der Waals surface area contributed by atoms with Crippen LogP contribution < -0.4 is 10.2 Å². The molecule has 4 aromatic rings. The predicted molar refractivity (Wildman–Crippen MR) is 130 cm³/mol. The highest BCUT2D eigenvalue weighted by Crippen LogP contribution is 2.34. The van der Waals surface area contributed by atoms with Gasteiger partial charge < -0.3 is 15.3 Å². The van der Waals surface area contributed by atoms with E-state index in [9.17, 15) is 9.50 Å². The van der Waals surface area contributed by atoms with Crippen LogP contribution in [0, 0.1) is 5.82 Å². The summed E-state index contributed by atoms with van der Waals surface area (Å²) in [5.74, 6) is 0.556. The van der Waals surface area contributed by atoms with Gasteiger partial charge >= 0.3 is 0 Å². The second-order valence-electron chi connectivity index (χ2n) is 9.43. The quantitative estimate of drug-likeness (QED) is 0.465. The average molecular weight is 459 g/mol. The molecule has 34 heavy (non-hydrogen) atoms. The second kappa shape index (κ2) is 8.36. The van der Waals surface area contributed by atoms with Crippen LogP contribution in [0.25, 0.3) is 33.3 Å². The Morgan fingerprint density at radius 1 is 1.00 bits per heavy atom.